The van der Waals surface area contributed by atoms with Gasteiger partial charge in [-0.15, -0.1) is 10.2 Å². The maximum atomic E-state index is 13.4. The highest BCUT2D eigenvalue weighted by Gasteiger charge is 2.28. The van der Waals surface area contributed by atoms with Crippen molar-refractivity contribution in [3.8, 4) is 34.0 Å². The molecule has 9 heteroatoms. The van der Waals surface area contributed by atoms with Gasteiger partial charge in [-0.3, -0.25) is 0 Å². The van der Waals surface area contributed by atoms with Gasteiger partial charge in [0, 0.05) is 18.2 Å². The van der Waals surface area contributed by atoms with Crippen LogP contribution in [-0.2, 0) is 6.42 Å². The lowest BCUT2D eigenvalue weighted by Crippen LogP contribution is -2.46. The molecular weight excluding hydrogens is 456 g/mol. The molecule has 1 unspecified atom stereocenters. The monoisotopic (exact) mass is 484 g/mol. The topological polar surface area (TPSA) is 95.3 Å². The van der Waals surface area contributed by atoms with Crippen LogP contribution >= 0.6 is 0 Å². The second-order valence-corrected chi connectivity index (χ2v) is 8.74. The number of methoxy groups -OCH3 is 2. The van der Waals surface area contributed by atoms with Crippen molar-refractivity contribution in [1.82, 2.24) is 30.1 Å². The smallest absolute Gasteiger partial charge is 0.346 e. The standard InChI is InChI=1S/C27H28N6O3/c1-35-24-17-28-30-26(36-2)25(24)21-13-11-20(12-14-21)23-18-33(31-29-23)27(34)32-15-7-6-10-22(32)16-19-8-4-3-5-9-19/h3-5,8-9,11-14,17-18,22H,6-7,10,15-16H2,1-2H3. The van der Waals surface area contributed by atoms with Crippen LogP contribution in [0.15, 0.2) is 67.0 Å². The molecule has 2 aromatic heterocycles. The van der Waals surface area contributed by atoms with Crippen LogP contribution in [0.3, 0.4) is 0 Å². The van der Waals surface area contributed by atoms with E-state index in [1.807, 2.05) is 47.4 Å². The SMILES string of the molecule is COc1cnnc(OC)c1-c1ccc(-c2cn(C(=O)N3CCCCC3Cc3ccccc3)nn2)cc1. The lowest BCUT2D eigenvalue weighted by atomic mass is 9.96. The van der Waals surface area contributed by atoms with E-state index in [4.69, 9.17) is 9.47 Å². The third kappa shape index (κ3) is 4.77. The maximum absolute atomic E-state index is 13.4. The Hall–Kier alpha value is -4.27. The van der Waals surface area contributed by atoms with Crippen molar-refractivity contribution in [2.75, 3.05) is 20.8 Å². The van der Waals surface area contributed by atoms with Crippen molar-refractivity contribution in [1.29, 1.82) is 0 Å². The molecule has 0 aliphatic carbocycles. The maximum Gasteiger partial charge on any atom is 0.346 e. The van der Waals surface area contributed by atoms with Crippen LogP contribution in [-0.4, -0.2) is 62.9 Å². The van der Waals surface area contributed by atoms with E-state index >= 15 is 0 Å². The lowest BCUT2D eigenvalue weighted by Gasteiger charge is -2.35. The van der Waals surface area contributed by atoms with E-state index in [1.165, 1.54) is 10.2 Å². The molecule has 2 aromatic carbocycles. The van der Waals surface area contributed by atoms with Gasteiger partial charge in [-0.25, -0.2) is 4.79 Å². The molecule has 1 fully saturated rings. The number of ether oxygens (including phenoxy) is 2. The predicted octanol–water partition coefficient (Wildman–Crippen LogP) is 4.48. The van der Waals surface area contributed by atoms with Gasteiger partial charge < -0.3 is 14.4 Å². The molecule has 0 bridgehead atoms. The van der Waals surface area contributed by atoms with E-state index in [1.54, 1.807) is 26.6 Å². The quantitative estimate of drug-likeness (QED) is 0.398. The van der Waals surface area contributed by atoms with Crippen LogP contribution in [0.25, 0.3) is 22.4 Å². The van der Waals surface area contributed by atoms with Gasteiger partial charge in [-0.05, 0) is 36.8 Å². The van der Waals surface area contributed by atoms with E-state index < -0.39 is 0 Å². The summed E-state index contributed by atoms with van der Waals surface area (Å²) in [5.74, 6) is 0.947. The first-order valence-corrected chi connectivity index (χ1v) is 12.0. The molecule has 0 N–H and O–H groups in total. The third-order valence-electron chi connectivity index (χ3n) is 6.54. The first kappa shape index (κ1) is 23.5. The van der Waals surface area contributed by atoms with Crippen LogP contribution in [0, 0.1) is 0 Å². The van der Waals surface area contributed by atoms with Crippen molar-refractivity contribution in [2.24, 2.45) is 0 Å². The summed E-state index contributed by atoms with van der Waals surface area (Å²) in [5.41, 5.74) is 4.28. The fraction of sp³-hybridized carbons (Fsp3) is 0.296. The molecule has 0 spiro atoms. The van der Waals surface area contributed by atoms with E-state index in [2.05, 4.69) is 32.6 Å². The fourth-order valence-corrected chi connectivity index (χ4v) is 4.70. The molecule has 4 aromatic rings. The molecule has 1 saturated heterocycles. The molecule has 36 heavy (non-hydrogen) atoms. The average molecular weight is 485 g/mol. The fourth-order valence-electron chi connectivity index (χ4n) is 4.70. The molecule has 0 radical (unpaired) electrons. The molecule has 184 valence electrons. The highest BCUT2D eigenvalue weighted by atomic mass is 16.5. The highest BCUT2D eigenvalue weighted by molar-refractivity contribution is 5.79. The Morgan fingerprint density at radius 2 is 1.75 bits per heavy atom. The molecule has 1 atom stereocenters. The Kier molecular flexibility index (Phi) is 6.88. The number of hydrogen-bond acceptors (Lipinski definition) is 7. The van der Waals surface area contributed by atoms with Gasteiger partial charge in [0.2, 0.25) is 5.88 Å². The predicted molar refractivity (Wildman–Crippen MR) is 135 cm³/mol. The van der Waals surface area contributed by atoms with Crippen LogP contribution in [0.4, 0.5) is 4.79 Å². The molecule has 9 nitrogen and oxygen atoms in total. The van der Waals surface area contributed by atoms with Crippen LogP contribution < -0.4 is 9.47 Å². The van der Waals surface area contributed by atoms with E-state index in [9.17, 15) is 4.79 Å². The number of aromatic nitrogens is 5. The van der Waals surface area contributed by atoms with Gasteiger partial charge >= 0.3 is 6.03 Å². The van der Waals surface area contributed by atoms with Crippen LogP contribution in [0.5, 0.6) is 11.6 Å². The van der Waals surface area contributed by atoms with Gasteiger partial charge in [-0.1, -0.05) is 59.8 Å². The number of rotatable bonds is 6. The minimum atomic E-state index is -0.136. The van der Waals surface area contributed by atoms with Crippen molar-refractivity contribution >= 4 is 6.03 Å². The van der Waals surface area contributed by atoms with Crippen molar-refractivity contribution in [3.05, 3.63) is 72.6 Å². The first-order chi connectivity index (χ1) is 17.7. The van der Waals surface area contributed by atoms with Crippen molar-refractivity contribution < 1.29 is 14.3 Å². The Morgan fingerprint density at radius 3 is 2.50 bits per heavy atom. The first-order valence-electron chi connectivity index (χ1n) is 12.0. The summed E-state index contributed by atoms with van der Waals surface area (Å²) >= 11 is 0. The third-order valence-corrected chi connectivity index (χ3v) is 6.54. The number of carbonyl (C=O) groups excluding carboxylic acids is 1. The Morgan fingerprint density at radius 1 is 0.972 bits per heavy atom. The number of carbonyl (C=O) groups is 1. The lowest BCUT2D eigenvalue weighted by molar-refractivity contribution is 0.149. The summed E-state index contributed by atoms with van der Waals surface area (Å²) in [6.45, 7) is 0.726. The highest BCUT2D eigenvalue weighted by Crippen LogP contribution is 2.36. The number of benzene rings is 2. The number of nitrogens with zero attached hydrogens (tertiary/aromatic N) is 6. The molecule has 1 aliphatic rings. The van der Waals surface area contributed by atoms with E-state index in [0.29, 0.717) is 17.3 Å². The molecular formula is C27H28N6O3. The Balaban J connectivity index is 1.35. The molecule has 5 rings (SSSR count). The zero-order valence-corrected chi connectivity index (χ0v) is 20.4. The summed E-state index contributed by atoms with van der Waals surface area (Å²) in [6, 6.07) is 18.0. The Labute approximate surface area is 209 Å². The average Bonchev–Trinajstić information content (AvgIpc) is 3.43. The summed E-state index contributed by atoms with van der Waals surface area (Å²) in [7, 11) is 3.12. The summed E-state index contributed by atoms with van der Waals surface area (Å²) in [5, 5.41) is 16.4. The molecule has 1 amide bonds. The largest absolute Gasteiger partial charge is 0.494 e. The summed E-state index contributed by atoms with van der Waals surface area (Å²) in [4.78, 5) is 15.3. The van der Waals surface area contributed by atoms with Gasteiger partial charge in [-0.2, -0.15) is 9.78 Å². The van der Waals surface area contributed by atoms with Crippen LogP contribution in [0.1, 0.15) is 24.8 Å². The zero-order valence-electron chi connectivity index (χ0n) is 20.4. The number of likely N-dealkylation sites (tertiary alicyclic amines) is 1. The molecule has 0 saturated carbocycles. The minimum Gasteiger partial charge on any atom is -0.494 e. The van der Waals surface area contributed by atoms with E-state index in [0.717, 1.165) is 48.9 Å². The van der Waals surface area contributed by atoms with Gasteiger partial charge in [0.1, 0.15) is 5.69 Å². The number of amides is 1. The second-order valence-electron chi connectivity index (χ2n) is 8.74. The van der Waals surface area contributed by atoms with Gasteiger partial charge in [0.25, 0.3) is 0 Å². The van der Waals surface area contributed by atoms with Crippen molar-refractivity contribution in [2.45, 2.75) is 31.7 Å². The van der Waals surface area contributed by atoms with Gasteiger partial charge in [0.15, 0.2) is 5.75 Å². The van der Waals surface area contributed by atoms with E-state index in [-0.39, 0.29) is 12.1 Å². The normalized spacial score (nSPS) is 15.5. The summed E-state index contributed by atoms with van der Waals surface area (Å²) < 4.78 is 12.2. The van der Waals surface area contributed by atoms with Crippen LogP contribution in [0.2, 0.25) is 0 Å². The number of piperidine rings is 1. The second kappa shape index (κ2) is 10.6. The Bertz CT molecular complexity index is 1300. The minimum absolute atomic E-state index is 0.136. The number of hydrogen-bond donors (Lipinski definition) is 0. The molecule has 1 aliphatic heterocycles. The van der Waals surface area contributed by atoms with Crippen molar-refractivity contribution in [3.63, 3.8) is 0 Å². The zero-order chi connectivity index (χ0) is 24.9. The summed E-state index contributed by atoms with van der Waals surface area (Å²) in [6.07, 6.45) is 7.19. The van der Waals surface area contributed by atoms with Gasteiger partial charge in [0.05, 0.1) is 32.2 Å². The molecule has 3 heterocycles.